The number of halogens is 7. The summed E-state index contributed by atoms with van der Waals surface area (Å²) in [7, 11) is 0. The lowest BCUT2D eigenvalue weighted by molar-refractivity contribution is -0.138. The van der Waals surface area contributed by atoms with Gasteiger partial charge in [-0.2, -0.15) is 36.1 Å². The van der Waals surface area contributed by atoms with Gasteiger partial charge in [-0.25, -0.2) is 4.98 Å². The van der Waals surface area contributed by atoms with Gasteiger partial charge in [-0.05, 0) is 25.1 Å². The predicted octanol–water partition coefficient (Wildman–Crippen LogP) is 4.30. The fourth-order valence-electron chi connectivity index (χ4n) is 2.34. The summed E-state index contributed by atoms with van der Waals surface area (Å²) in [5, 5.41) is 10.9. The zero-order chi connectivity index (χ0) is 22.3. The second-order valence-corrected chi connectivity index (χ2v) is 7.23. The van der Waals surface area contributed by atoms with Crippen LogP contribution in [-0.2, 0) is 12.4 Å². The number of carbonyl (C=O) groups excluding carboxylic acids is 1. The predicted molar refractivity (Wildman–Crippen MR) is 92.2 cm³/mol. The van der Waals surface area contributed by atoms with Crippen LogP contribution >= 0.6 is 22.9 Å². The van der Waals surface area contributed by atoms with E-state index in [-0.39, 0.29) is 32.9 Å². The first-order chi connectivity index (χ1) is 13.9. The Morgan fingerprint density at radius 1 is 1.13 bits per heavy atom. The maximum Gasteiger partial charge on any atom is 0.445 e. The Hall–Kier alpha value is -2.74. The van der Waals surface area contributed by atoms with E-state index in [0.717, 1.165) is 17.1 Å². The standard InChI is InChI=1S/C15H9ClF6N6OS/c1-6(25-11(29)7-2-8(14(17,18)19)4-9(16)3-7)10-23-5-24-28(10)13-27-26-12(30-13)15(20,21)22/h2-6H,1H3,(H,25,29)/t6-/m0/s1. The minimum Gasteiger partial charge on any atom is -0.342 e. The Morgan fingerprint density at radius 2 is 1.83 bits per heavy atom. The number of aromatic nitrogens is 5. The van der Waals surface area contributed by atoms with Crippen LogP contribution in [0.1, 0.15) is 39.7 Å². The van der Waals surface area contributed by atoms with Crippen molar-refractivity contribution in [3.05, 3.63) is 51.5 Å². The summed E-state index contributed by atoms with van der Waals surface area (Å²) >= 11 is 5.88. The number of alkyl halides is 6. The van der Waals surface area contributed by atoms with Crippen molar-refractivity contribution in [2.75, 3.05) is 0 Å². The average molecular weight is 471 g/mol. The summed E-state index contributed by atoms with van der Waals surface area (Å²) < 4.78 is 77.9. The van der Waals surface area contributed by atoms with Crippen LogP contribution in [0.2, 0.25) is 5.02 Å². The second-order valence-electron chi connectivity index (χ2n) is 5.84. The van der Waals surface area contributed by atoms with Crippen molar-refractivity contribution in [2.45, 2.75) is 25.3 Å². The summed E-state index contributed by atoms with van der Waals surface area (Å²) in [6.07, 6.45) is -8.38. The van der Waals surface area contributed by atoms with Crippen LogP contribution in [0, 0.1) is 0 Å². The molecule has 1 atom stereocenters. The Labute approximate surface area is 172 Å². The van der Waals surface area contributed by atoms with Gasteiger partial charge in [0, 0.05) is 10.6 Å². The van der Waals surface area contributed by atoms with Crippen molar-refractivity contribution in [3.63, 3.8) is 0 Å². The quantitative estimate of drug-likeness (QED) is 0.575. The third-order valence-electron chi connectivity index (χ3n) is 3.63. The summed E-state index contributed by atoms with van der Waals surface area (Å²) in [5.41, 5.74) is -1.47. The summed E-state index contributed by atoms with van der Waals surface area (Å²) in [6, 6.07) is 1.39. The normalized spacial score (nSPS) is 13.3. The highest BCUT2D eigenvalue weighted by Gasteiger charge is 2.36. The molecule has 0 aliphatic heterocycles. The number of hydrogen-bond acceptors (Lipinski definition) is 6. The van der Waals surface area contributed by atoms with Crippen LogP contribution in [0.4, 0.5) is 26.3 Å². The molecule has 0 radical (unpaired) electrons. The third-order valence-corrected chi connectivity index (χ3v) is 4.80. The lowest BCUT2D eigenvalue weighted by Crippen LogP contribution is -2.29. The van der Waals surface area contributed by atoms with Crippen LogP contribution < -0.4 is 5.32 Å². The van der Waals surface area contributed by atoms with Crippen LogP contribution in [-0.4, -0.2) is 30.9 Å². The molecule has 1 N–H and O–H groups in total. The molecule has 3 aromatic rings. The first-order valence-electron chi connectivity index (χ1n) is 7.86. The highest BCUT2D eigenvalue weighted by molar-refractivity contribution is 7.13. The first-order valence-corrected chi connectivity index (χ1v) is 9.05. The molecule has 160 valence electrons. The minimum absolute atomic E-state index is 0.00806. The first kappa shape index (κ1) is 22.0. The van der Waals surface area contributed by atoms with E-state index < -0.39 is 34.9 Å². The molecule has 0 saturated carbocycles. The van der Waals surface area contributed by atoms with Crippen molar-refractivity contribution < 1.29 is 31.1 Å². The molecule has 1 amide bonds. The zero-order valence-electron chi connectivity index (χ0n) is 14.6. The minimum atomic E-state index is -4.71. The number of rotatable bonds is 4. The molecule has 0 saturated heterocycles. The molecular weight excluding hydrogens is 462 g/mol. The molecule has 0 aliphatic rings. The third kappa shape index (κ3) is 4.70. The fraction of sp³-hybridized carbons (Fsp3) is 0.267. The Kier molecular flexibility index (Phi) is 5.73. The highest BCUT2D eigenvalue weighted by Crippen LogP contribution is 2.33. The maximum atomic E-state index is 12.9. The molecule has 0 bridgehead atoms. The molecular formula is C15H9ClF6N6OS. The molecule has 3 rings (SSSR count). The van der Waals surface area contributed by atoms with Gasteiger partial charge in [0.05, 0.1) is 11.6 Å². The van der Waals surface area contributed by atoms with Crippen molar-refractivity contribution in [3.8, 4) is 5.13 Å². The van der Waals surface area contributed by atoms with Crippen LogP contribution in [0.25, 0.3) is 5.13 Å². The number of nitrogens with zero attached hydrogens (tertiary/aromatic N) is 5. The molecule has 0 unspecified atom stereocenters. The summed E-state index contributed by atoms with van der Waals surface area (Å²) in [6.45, 7) is 1.42. The monoisotopic (exact) mass is 470 g/mol. The van der Waals surface area contributed by atoms with Crippen LogP contribution in [0.3, 0.4) is 0 Å². The fourth-order valence-corrected chi connectivity index (χ4v) is 3.25. The summed E-state index contributed by atoms with van der Waals surface area (Å²) in [4.78, 5) is 16.3. The van der Waals surface area contributed by atoms with E-state index in [2.05, 4.69) is 25.6 Å². The zero-order valence-corrected chi connectivity index (χ0v) is 16.2. The van der Waals surface area contributed by atoms with Gasteiger partial charge in [0.25, 0.3) is 5.91 Å². The number of hydrogen-bond donors (Lipinski definition) is 1. The van der Waals surface area contributed by atoms with E-state index >= 15 is 0 Å². The van der Waals surface area contributed by atoms with Gasteiger partial charge in [-0.15, -0.1) is 10.2 Å². The van der Waals surface area contributed by atoms with Crippen molar-refractivity contribution in [2.24, 2.45) is 0 Å². The van der Waals surface area contributed by atoms with Crippen LogP contribution in [0.15, 0.2) is 24.5 Å². The van der Waals surface area contributed by atoms with E-state index in [1.165, 1.54) is 6.92 Å². The molecule has 0 fully saturated rings. The molecule has 30 heavy (non-hydrogen) atoms. The van der Waals surface area contributed by atoms with E-state index in [0.29, 0.717) is 12.1 Å². The van der Waals surface area contributed by atoms with Gasteiger partial charge >= 0.3 is 12.4 Å². The molecule has 2 heterocycles. The SMILES string of the molecule is C[C@H](NC(=O)c1cc(Cl)cc(C(F)(F)F)c1)c1ncnn1-c1nnc(C(F)(F)F)s1. The van der Waals surface area contributed by atoms with Crippen molar-refractivity contribution in [1.82, 2.24) is 30.3 Å². The van der Waals surface area contributed by atoms with E-state index in [9.17, 15) is 31.1 Å². The van der Waals surface area contributed by atoms with E-state index in [1.54, 1.807) is 0 Å². The topological polar surface area (TPSA) is 85.6 Å². The number of benzene rings is 1. The van der Waals surface area contributed by atoms with Crippen molar-refractivity contribution >= 4 is 28.8 Å². The van der Waals surface area contributed by atoms with Gasteiger partial charge < -0.3 is 5.32 Å². The van der Waals surface area contributed by atoms with Crippen molar-refractivity contribution in [1.29, 1.82) is 0 Å². The summed E-state index contributed by atoms with van der Waals surface area (Å²) in [5.74, 6) is -0.912. The van der Waals surface area contributed by atoms with Crippen LogP contribution in [0.5, 0.6) is 0 Å². The number of carbonyl (C=O) groups is 1. The average Bonchev–Trinajstić information content (AvgIpc) is 3.29. The van der Waals surface area contributed by atoms with Gasteiger partial charge in [-0.3, -0.25) is 4.79 Å². The molecule has 7 nitrogen and oxygen atoms in total. The number of nitrogens with one attached hydrogen (secondary N) is 1. The molecule has 0 aliphatic carbocycles. The molecule has 1 aromatic carbocycles. The van der Waals surface area contributed by atoms with Gasteiger partial charge in [-0.1, -0.05) is 22.9 Å². The smallest absolute Gasteiger partial charge is 0.342 e. The number of amides is 1. The van der Waals surface area contributed by atoms with E-state index in [1.807, 2.05) is 0 Å². The molecule has 2 aromatic heterocycles. The highest BCUT2D eigenvalue weighted by atomic mass is 35.5. The largest absolute Gasteiger partial charge is 0.445 e. The Bertz CT molecular complexity index is 1080. The Morgan fingerprint density at radius 3 is 2.43 bits per heavy atom. The van der Waals surface area contributed by atoms with E-state index in [4.69, 9.17) is 11.6 Å². The lowest BCUT2D eigenvalue weighted by atomic mass is 10.1. The van der Waals surface area contributed by atoms with Gasteiger partial charge in [0.1, 0.15) is 6.33 Å². The lowest BCUT2D eigenvalue weighted by Gasteiger charge is -2.15. The second kappa shape index (κ2) is 7.83. The molecule has 0 spiro atoms. The molecule has 15 heteroatoms. The maximum absolute atomic E-state index is 12.9. The van der Waals surface area contributed by atoms with Gasteiger partial charge in [0.15, 0.2) is 5.82 Å². The van der Waals surface area contributed by atoms with Gasteiger partial charge in [0.2, 0.25) is 10.1 Å². The Balaban J connectivity index is 1.84.